The SMILES string of the molecule is CC(=C[C@H](C(C)C)N(C)C(=O)[C@@H](NC(=O)[C@H]1CC[C@@H](C)CN1C)C(C)(C)C)C(=O)O. The van der Waals surface area contributed by atoms with E-state index in [4.69, 9.17) is 0 Å². The molecule has 1 fully saturated rings. The molecule has 2 amide bonds. The van der Waals surface area contributed by atoms with Crippen LogP contribution in [0.2, 0.25) is 0 Å². The summed E-state index contributed by atoms with van der Waals surface area (Å²) >= 11 is 0. The number of likely N-dealkylation sites (tertiary alicyclic amines) is 1. The van der Waals surface area contributed by atoms with Gasteiger partial charge in [0.1, 0.15) is 6.04 Å². The maximum Gasteiger partial charge on any atom is 0.331 e. The summed E-state index contributed by atoms with van der Waals surface area (Å²) < 4.78 is 0. The van der Waals surface area contributed by atoms with Crippen LogP contribution >= 0.6 is 0 Å². The molecule has 0 aromatic rings. The van der Waals surface area contributed by atoms with E-state index < -0.39 is 17.4 Å². The minimum absolute atomic E-state index is 0.0236. The van der Waals surface area contributed by atoms with Crippen LogP contribution in [0.4, 0.5) is 0 Å². The minimum Gasteiger partial charge on any atom is -0.478 e. The highest BCUT2D eigenvalue weighted by atomic mass is 16.4. The van der Waals surface area contributed by atoms with Crippen molar-refractivity contribution < 1.29 is 19.5 Å². The topological polar surface area (TPSA) is 90.0 Å². The van der Waals surface area contributed by atoms with Crippen LogP contribution in [0.25, 0.3) is 0 Å². The first-order valence-electron chi connectivity index (χ1n) is 10.9. The van der Waals surface area contributed by atoms with E-state index in [1.807, 2.05) is 41.7 Å². The van der Waals surface area contributed by atoms with Crippen molar-refractivity contribution >= 4 is 17.8 Å². The first-order valence-corrected chi connectivity index (χ1v) is 10.9. The second-order valence-electron chi connectivity index (χ2n) is 10.3. The number of hydrogen-bond donors (Lipinski definition) is 2. The lowest BCUT2D eigenvalue weighted by molar-refractivity contribution is -0.141. The lowest BCUT2D eigenvalue weighted by Crippen LogP contribution is -2.60. The molecule has 172 valence electrons. The Morgan fingerprint density at radius 2 is 1.77 bits per heavy atom. The van der Waals surface area contributed by atoms with Crippen molar-refractivity contribution in [3.05, 3.63) is 11.6 Å². The zero-order valence-electron chi connectivity index (χ0n) is 20.2. The average molecular weight is 424 g/mol. The highest BCUT2D eigenvalue weighted by Crippen LogP contribution is 2.25. The molecule has 4 atom stereocenters. The zero-order chi connectivity index (χ0) is 23.4. The lowest BCUT2D eigenvalue weighted by atomic mass is 9.84. The molecule has 1 rings (SSSR count). The smallest absolute Gasteiger partial charge is 0.331 e. The van der Waals surface area contributed by atoms with E-state index in [9.17, 15) is 19.5 Å². The molecule has 1 heterocycles. The predicted molar refractivity (Wildman–Crippen MR) is 119 cm³/mol. The molecule has 0 radical (unpaired) electrons. The number of carbonyl (C=O) groups is 3. The monoisotopic (exact) mass is 423 g/mol. The van der Waals surface area contributed by atoms with Gasteiger partial charge in [0.25, 0.3) is 0 Å². The Hall–Kier alpha value is -1.89. The number of rotatable bonds is 7. The van der Waals surface area contributed by atoms with E-state index in [1.54, 1.807) is 18.0 Å². The number of carbonyl (C=O) groups excluding carboxylic acids is 2. The molecule has 7 heteroatoms. The molecule has 1 aliphatic rings. The van der Waals surface area contributed by atoms with Crippen LogP contribution in [0.15, 0.2) is 11.6 Å². The van der Waals surface area contributed by atoms with Crippen molar-refractivity contribution in [3.8, 4) is 0 Å². The van der Waals surface area contributed by atoms with E-state index in [-0.39, 0.29) is 35.4 Å². The molecule has 1 saturated heterocycles. The van der Waals surface area contributed by atoms with Gasteiger partial charge in [0.05, 0.1) is 12.1 Å². The van der Waals surface area contributed by atoms with Crippen LogP contribution in [0.1, 0.15) is 61.3 Å². The van der Waals surface area contributed by atoms with Gasteiger partial charge >= 0.3 is 5.97 Å². The molecule has 0 unspecified atom stereocenters. The first-order chi connectivity index (χ1) is 13.7. The Morgan fingerprint density at radius 1 is 1.20 bits per heavy atom. The summed E-state index contributed by atoms with van der Waals surface area (Å²) in [4.78, 5) is 41.4. The second kappa shape index (κ2) is 10.4. The number of carboxylic acids is 1. The molecule has 0 aliphatic carbocycles. The summed E-state index contributed by atoms with van der Waals surface area (Å²) in [5.41, 5.74) is -0.295. The van der Waals surface area contributed by atoms with Crippen molar-refractivity contribution in [2.45, 2.75) is 79.4 Å². The van der Waals surface area contributed by atoms with E-state index in [2.05, 4.69) is 17.1 Å². The quantitative estimate of drug-likeness (QED) is 0.615. The number of nitrogens with zero attached hydrogens (tertiary/aromatic N) is 2. The van der Waals surface area contributed by atoms with Gasteiger partial charge in [-0.3, -0.25) is 14.5 Å². The number of carboxylic acid groups (broad SMARTS) is 1. The van der Waals surface area contributed by atoms with Gasteiger partial charge in [0, 0.05) is 19.2 Å². The largest absolute Gasteiger partial charge is 0.478 e. The maximum atomic E-state index is 13.5. The van der Waals surface area contributed by atoms with Gasteiger partial charge in [-0.05, 0) is 44.1 Å². The number of piperidine rings is 1. The lowest BCUT2D eigenvalue weighted by Gasteiger charge is -2.40. The van der Waals surface area contributed by atoms with Crippen LogP contribution in [-0.2, 0) is 14.4 Å². The van der Waals surface area contributed by atoms with Crippen molar-refractivity contribution in [3.63, 3.8) is 0 Å². The number of amides is 2. The fraction of sp³-hybridized carbons (Fsp3) is 0.783. The zero-order valence-corrected chi connectivity index (χ0v) is 20.2. The molecule has 1 aliphatic heterocycles. The van der Waals surface area contributed by atoms with Crippen molar-refractivity contribution in [1.29, 1.82) is 0 Å². The van der Waals surface area contributed by atoms with Gasteiger partial charge in [-0.15, -0.1) is 0 Å². The Labute approximate surface area is 181 Å². The Bertz CT molecular complexity index is 666. The van der Waals surface area contributed by atoms with Gasteiger partial charge in [-0.25, -0.2) is 4.79 Å². The Balaban J connectivity index is 3.09. The molecule has 7 nitrogen and oxygen atoms in total. The summed E-state index contributed by atoms with van der Waals surface area (Å²) in [6, 6.07) is -1.32. The number of nitrogens with one attached hydrogen (secondary N) is 1. The third-order valence-corrected chi connectivity index (χ3v) is 6.00. The average Bonchev–Trinajstić information content (AvgIpc) is 2.61. The van der Waals surface area contributed by atoms with Crippen molar-refractivity contribution in [1.82, 2.24) is 15.1 Å². The number of hydrogen-bond acceptors (Lipinski definition) is 4. The van der Waals surface area contributed by atoms with Crippen molar-refractivity contribution in [2.24, 2.45) is 17.3 Å². The first kappa shape index (κ1) is 26.1. The molecule has 0 spiro atoms. The number of aliphatic carboxylic acids is 1. The summed E-state index contributed by atoms with van der Waals surface area (Å²) in [6.45, 7) is 14.3. The van der Waals surface area contributed by atoms with E-state index in [0.29, 0.717) is 5.92 Å². The number of likely N-dealkylation sites (N-methyl/N-ethyl adjacent to an activating group) is 2. The fourth-order valence-corrected chi connectivity index (χ4v) is 4.02. The molecule has 30 heavy (non-hydrogen) atoms. The van der Waals surface area contributed by atoms with Gasteiger partial charge in [-0.2, -0.15) is 0 Å². The Morgan fingerprint density at radius 3 is 2.20 bits per heavy atom. The van der Waals surface area contributed by atoms with Crippen LogP contribution in [0.5, 0.6) is 0 Å². The van der Waals surface area contributed by atoms with Gasteiger partial charge in [0.2, 0.25) is 11.8 Å². The Kier molecular flexibility index (Phi) is 9.08. The summed E-state index contributed by atoms with van der Waals surface area (Å²) in [7, 11) is 3.63. The molecule has 0 aromatic heterocycles. The molecule has 0 saturated carbocycles. The van der Waals surface area contributed by atoms with Crippen molar-refractivity contribution in [2.75, 3.05) is 20.6 Å². The molecule has 0 bridgehead atoms. The molecule has 2 N–H and O–H groups in total. The third kappa shape index (κ3) is 6.83. The van der Waals surface area contributed by atoms with Crippen LogP contribution in [-0.4, -0.2) is 71.5 Å². The van der Waals surface area contributed by atoms with Gasteiger partial charge in [0.15, 0.2) is 0 Å². The van der Waals surface area contributed by atoms with E-state index >= 15 is 0 Å². The standard InChI is InChI=1S/C23H41N3O4/c1-14(2)18(12-16(4)22(29)30)26(9)21(28)19(23(5,6)7)24-20(27)17-11-10-15(3)13-25(17)8/h12,14-15,17-19H,10-11,13H2,1-9H3,(H,24,27)(H,29,30)/t15-,17-,18-,19-/m1/s1. The molecular formula is C23H41N3O4. The van der Waals surface area contributed by atoms with Gasteiger partial charge < -0.3 is 15.3 Å². The summed E-state index contributed by atoms with van der Waals surface area (Å²) in [6.07, 6.45) is 3.38. The highest BCUT2D eigenvalue weighted by Gasteiger charge is 2.39. The molecular weight excluding hydrogens is 382 g/mol. The summed E-state index contributed by atoms with van der Waals surface area (Å²) in [5, 5.41) is 12.3. The van der Waals surface area contributed by atoms with Crippen LogP contribution < -0.4 is 5.32 Å². The normalized spacial score (nSPS) is 23.1. The fourth-order valence-electron chi connectivity index (χ4n) is 4.02. The van der Waals surface area contributed by atoms with Crippen LogP contribution in [0, 0.1) is 17.3 Å². The molecule has 0 aromatic carbocycles. The predicted octanol–water partition coefficient (Wildman–Crippen LogP) is 2.76. The highest BCUT2D eigenvalue weighted by molar-refractivity contribution is 5.91. The minimum atomic E-state index is -1.00. The van der Waals surface area contributed by atoms with E-state index in [1.165, 1.54) is 6.92 Å². The third-order valence-electron chi connectivity index (χ3n) is 6.00. The van der Waals surface area contributed by atoms with Gasteiger partial charge in [-0.1, -0.05) is 47.6 Å². The summed E-state index contributed by atoms with van der Waals surface area (Å²) in [5.74, 6) is -0.756. The van der Waals surface area contributed by atoms with E-state index in [0.717, 1.165) is 19.4 Å². The second-order valence-corrected chi connectivity index (χ2v) is 10.3. The van der Waals surface area contributed by atoms with Crippen LogP contribution in [0.3, 0.4) is 0 Å². The maximum absolute atomic E-state index is 13.5.